The standard InChI is InChI=1S/C27H30N4O2/c1-18-22(13-14-31(2)17-21-16-28-24-9-5-6-10-25(24)29-21)23-15-20(11-12-26(23)33-18)30-27(32)19-7-3-4-8-19/h5-6,9-12,15-16,19H,3-4,7-8,13-14,17H2,1-2H3,(H,30,32). The van der Waals surface area contributed by atoms with Gasteiger partial charge in [-0.2, -0.15) is 0 Å². The molecule has 6 nitrogen and oxygen atoms in total. The van der Waals surface area contributed by atoms with Crippen molar-refractivity contribution in [3.63, 3.8) is 0 Å². The van der Waals surface area contributed by atoms with Crippen LogP contribution in [0.5, 0.6) is 0 Å². The van der Waals surface area contributed by atoms with E-state index in [4.69, 9.17) is 9.40 Å². The molecule has 170 valence electrons. The fraction of sp³-hybridized carbons (Fsp3) is 0.370. The molecule has 1 amide bonds. The molecule has 6 heteroatoms. The second-order valence-electron chi connectivity index (χ2n) is 9.16. The van der Waals surface area contributed by atoms with Crippen LogP contribution in [0.4, 0.5) is 5.69 Å². The van der Waals surface area contributed by atoms with Crippen molar-refractivity contribution >= 4 is 33.6 Å². The van der Waals surface area contributed by atoms with Gasteiger partial charge < -0.3 is 14.6 Å². The number of hydrogen-bond donors (Lipinski definition) is 1. The lowest BCUT2D eigenvalue weighted by atomic mass is 10.1. The topological polar surface area (TPSA) is 71.3 Å². The third-order valence-corrected chi connectivity index (χ3v) is 6.66. The van der Waals surface area contributed by atoms with Crippen molar-refractivity contribution in [3.05, 3.63) is 65.7 Å². The van der Waals surface area contributed by atoms with E-state index in [0.29, 0.717) is 0 Å². The predicted octanol–water partition coefficient (Wildman–Crippen LogP) is 5.49. The van der Waals surface area contributed by atoms with Gasteiger partial charge in [0.2, 0.25) is 5.91 Å². The summed E-state index contributed by atoms with van der Waals surface area (Å²) in [6, 6.07) is 13.9. The lowest BCUT2D eigenvalue weighted by molar-refractivity contribution is -0.119. The van der Waals surface area contributed by atoms with Crippen LogP contribution in [0.15, 0.2) is 53.1 Å². The lowest BCUT2D eigenvalue weighted by Gasteiger charge is -2.16. The first-order chi connectivity index (χ1) is 16.1. The number of hydrogen-bond acceptors (Lipinski definition) is 5. The van der Waals surface area contributed by atoms with Gasteiger partial charge in [-0.05, 0) is 63.6 Å². The first-order valence-corrected chi connectivity index (χ1v) is 11.8. The second kappa shape index (κ2) is 9.32. The summed E-state index contributed by atoms with van der Waals surface area (Å²) in [7, 11) is 2.10. The molecule has 1 aliphatic rings. The van der Waals surface area contributed by atoms with E-state index in [0.717, 1.165) is 84.3 Å². The number of anilines is 1. The summed E-state index contributed by atoms with van der Waals surface area (Å²) in [4.78, 5) is 24.1. The van der Waals surface area contributed by atoms with E-state index in [-0.39, 0.29) is 11.8 Å². The van der Waals surface area contributed by atoms with Gasteiger partial charge in [0.15, 0.2) is 0 Å². The van der Waals surface area contributed by atoms with Crippen molar-refractivity contribution in [2.45, 2.75) is 45.6 Å². The normalized spacial score (nSPS) is 14.5. The highest BCUT2D eigenvalue weighted by Crippen LogP contribution is 2.30. The van der Waals surface area contributed by atoms with Crippen LogP contribution < -0.4 is 5.32 Å². The maximum Gasteiger partial charge on any atom is 0.227 e. The SMILES string of the molecule is Cc1oc2ccc(NC(=O)C3CCCC3)cc2c1CCN(C)Cc1cnc2ccccc2n1. The highest BCUT2D eigenvalue weighted by molar-refractivity contribution is 5.95. The van der Waals surface area contributed by atoms with Crippen molar-refractivity contribution in [2.75, 3.05) is 18.9 Å². The molecule has 2 aromatic heterocycles. The van der Waals surface area contributed by atoms with Gasteiger partial charge >= 0.3 is 0 Å². The Morgan fingerprint density at radius 1 is 1.15 bits per heavy atom. The molecule has 0 atom stereocenters. The van der Waals surface area contributed by atoms with E-state index in [1.165, 1.54) is 5.56 Å². The van der Waals surface area contributed by atoms with Crippen LogP contribution in [-0.2, 0) is 17.8 Å². The molecule has 0 saturated heterocycles. The van der Waals surface area contributed by atoms with Crippen LogP contribution in [0.3, 0.4) is 0 Å². The Balaban J connectivity index is 1.27. The molecule has 0 spiro atoms. The van der Waals surface area contributed by atoms with Crippen LogP contribution in [0.25, 0.3) is 22.0 Å². The zero-order chi connectivity index (χ0) is 22.8. The number of furan rings is 1. The first-order valence-electron chi connectivity index (χ1n) is 11.8. The van der Waals surface area contributed by atoms with Crippen LogP contribution in [0, 0.1) is 12.8 Å². The summed E-state index contributed by atoms with van der Waals surface area (Å²) in [5, 5.41) is 4.20. The van der Waals surface area contributed by atoms with Crippen LogP contribution in [-0.4, -0.2) is 34.4 Å². The number of carbonyl (C=O) groups is 1. The lowest BCUT2D eigenvalue weighted by Crippen LogP contribution is -2.21. The molecule has 33 heavy (non-hydrogen) atoms. The monoisotopic (exact) mass is 442 g/mol. The number of amides is 1. The minimum atomic E-state index is 0.143. The first kappa shape index (κ1) is 21.6. The Morgan fingerprint density at radius 3 is 2.76 bits per heavy atom. The molecular weight excluding hydrogens is 412 g/mol. The summed E-state index contributed by atoms with van der Waals surface area (Å²) in [6.07, 6.45) is 7.02. The van der Waals surface area contributed by atoms with Crippen molar-refractivity contribution < 1.29 is 9.21 Å². The third kappa shape index (κ3) is 4.76. The summed E-state index contributed by atoms with van der Waals surface area (Å²) in [5.74, 6) is 1.23. The van der Waals surface area contributed by atoms with E-state index in [9.17, 15) is 4.79 Å². The van der Waals surface area contributed by atoms with Crippen LogP contribution in [0.2, 0.25) is 0 Å². The van der Waals surface area contributed by atoms with E-state index in [1.807, 2.05) is 49.5 Å². The molecule has 2 aromatic carbocycles. The number of fused-ring (bicyclic) bond motifs is 2. The Labute approximate surface area is 194 Å². The number of benzene rings is 2. The number of para-hydroxylation sites is 2. The van der Waals surface area contributed by atoms with Gasteiger partial charge in [-0.1, -0.05) is 25.0 Å². The Kier molecular flexibility index (Phi) is 6.09. The van der Waals surface area contributed by atoms with Crippen LogP contribution >= 0.6 is 0 Å². The average Bonchev–Trinajstić information content (AvgIpc) is 3.45. The van der Waals surface area contributed by atoms with Crippen molar-refractivity contribution in [3.8, 4) is 0 Å². The molecule has 1 saturated carbocycles. The molecule has 1 N–H and O–H groups in total. The predicted molar refractivity (Wildman–Crippen MR) is 131 cm³/mol. The molecule has 0 radical (unpaired) electrons. The van der Waals surface area contributed by atoms with E-state index in [2.05, 4.69) is 28.3 Å². The Hall–Kier alpha value is -3.25. The zero-order valence-electron chi connectivity index (χ0n) is 19.3. The number of likely N-dealkylation sites (N-methyl/N-ethyl adjacent to an activating group) is 1. The number of carbonyl (C=O) groups excluding carboxylic acids is 1. The minimum absolute atomic E-state index is 0.143. The van der Waals surface area contributed by atoms with Crippen molar-refractivity contribution in [1.82, 2.24) is 14.9 Å². The highest BCUT2D eigenvalue weighted by Gasteiger charge is 2.23. The van der Waals surface area contributed by atoms with Gasteiger partial charge in [0.1, 0.15) is 11.3 Å². The Bertz CT molecular complexity index is 1290. The fourth-order valence-electron chi connectivity index (χ4n) is 4.82. The minimum Gasteiger partial charge on any atom is -0.461 e. The van der Waals surface area contributed by atoms with E-state index in [1.54, 1.807) is 0 Å². The Morgan fingerprint density at radius 2 is 1.94 bits per heavy atom. The fourth-order valence-corrected chi connectivity index (χ4v) is 4.82. The number of aromatic nitrogens is 2. The third-order valence-electron chi connectivity index (χ3n) is 6.66. The smallest absolute Gasteiger partial charge is 0.227 e. The maximum atomic E-state index is 12.6. The number of nitrogens with zero attached hydrogens (tertiary/aromatic N) is 3. The molecule has 0 aliphatic heterocycles. The molecule has 0 bridgehead atoms. The number of aryl methyl sites for hydroxylation is 1. The number of nitrogens with one attached hydrogen (secondary N) is 1. The summed E-state index contributed by atoms with van der Waals surface area (Å²) >= 11 is 0. The molecule has 2 heterocycles. The van der Waals surface area contributed by atoms with Gasteiger partial charge in [0, 0.05) is 35.6 Å². The summed E-state index contributed by atoms with van der Waals surface area (Å²) in [6.45, 7) is 3.61. The molecule has 1 fully saturated rings. The van der Waals surface area contributed by atoms with Gasteiger partial charge in [0.05, 0.1) is 22.9 Å². The van der Waals surface area contributed by atoms with E-state index < -0.39 is 0 Å². The van der Waals surface area contributed by atoms with Gasteiger partial charge in [-0.3, -0.25) is 9.78 Å². The maximum absolute atomic E-state index is 12.6. The average molecular weight is 443 g/mol. The highest BCUT2D eigenvalue weighted by atomic mass is 16.3. The molecule has 0 unspecified atom stereocenters. The quantitative estimate of drug-likeness (QED) is 0.410. The molecule has 4 aromatic rings. The van der Waals surface area contributed by atoms with Crippen LogP contribution in [0.1, 0.15) is 42.7 Å². The van der Waals surface area contributed by atoms with Crippen molar-refractivity contribution in [1.29, 1.82) is 0 Å². The van der Waals surface area contributed by atoms with Gasteiger partial charge in [-0.25, -0.2) is 4.98 Å². The van der Waals surface area contributed by atoms with E-state index >= 15 is 0 Å². The molecule has 1 aliphatic carbocycles. The van der Waals surface area contributed by atoms with Crippen molar-refractivity contribution in [2.24, 2.45) is 5.92 Å². The largest absolute Gasteiger partial charge is 0.461 e. The van der Waals surface area contributed by atoms with Gasteiger partial charge in [0.25, 0.3) is 0 Å². The summed E-state index contributed by atoms with van der Waals surface area (Å²) < 4.78 is 6.00. The zero-order valence-corrected chi connectivity index (χ0v) is 19.3. The molecular formula is C27H30N4O2. The second-order valence-corrected chi connectivity index (χ2v) is 9.16. The summed E-state index contributed by atoms with van der Waals surface area (Å²) in [5.41, 5.74) is 5.71. The van der Waals surface area contributed by atoms with Gasteiger partial charge in [-0.15, -0.1) is 0 Å². The molecule has 5 rings (SSSR count). The number of rotatable bonds is 7.